The number of amides is 1. The summed E-state index contributed by atoms with van der Waals surface area (Å²) in [6.07, 6.45) is 3.37. The Morgan fingerprint density at radius 3 is 3.08 bits per heavy atom. The second kappa shape index (κ2) is 6.25. The zero-order chi connectivity index (χ0) is 17.4. The van der Waals surface area contributed by atoms with Gasteiger partial charge in [0.25, 0.3) is 11.5 Å². The van der Waals surface area contributed by atoms with Crippen LogP contribution in [0.1, 0.15) is 33.0 Å². The smallest absolute Gasteiger partial charge is 0.271 e. The Kier molecular flexibility index (Phi) is 3.93. The minimum absolute atomic E-state index is 0.0318. The molecular weight excluding hydrogens is 336 g/mol. The number of carbonyl (C=O) groups excluding carboxylic acids is 1. The van der Waals surface area contributed by atoms with E-state index in [1.807, 2.05) is 18.4 Å². The van der Waals surface area contributed by atoms with Crippen molar-refractivity contribution in [2.75, 3.05) is 0 Å². The third-order valence-electron chi connectivity index (χ3n) is 4.33. The molecule has 2 aromatic heterocycles. The van der Waals surface area contributed by atoms with Crippen molar-refractivity contribution in [2.45, 2.75) is 26.3 Å². The molecule has 1 amide bonds. The summed E-state index contributed by atoms with van der Waals surface area (Å²) in [6, 6.07) is 6.95. The van der Waals surface area contributed by atoms with Gasteiger partial charge in [-0.1, -0.05) is 0 Å². The van der Waals surface area contributed by atoms with Gasteiger partial charge in [0.05, 0.1) is 17.1 Å². The van der Waals surface area contributed by atoms with Crippen LogP contribution in [0.4, 0.5) is 0 Å². The van der Waals surface area contributed by atoms with Crippen molar-refractivity contribution in [3.8, 4) is 0 Å². The molecule has 0 saturated heterocycles. The van der Waals surface area contributed by atoms with E-state index in [-0.39, 0.29) is 11.5 Å². The number of nitrogens with zero attached hydrogens (tertiary/aromatic N) is 3. The van der Waals surface area contributed by atoms with E-state index in [2.05, 4.69) is 15.5 Å². The molecule has 0 aliphatic carbocycles. The van der Waals surface area contributed by atoms with E-state index in [0.29, 0.717) is 16.5 Å². The lowest BCUT2D eigenvalue weighted by Crippen LogP contribution is -2.22. The van der Waals surface area contributed by atoms with Crippen LogP contribution in [0.25, 0.3) is 10.9 Å². The molecule has 6 nitrogen and oxygen atoms in total. The standard InChI is InChI=1S/C18H16N4O2S/c1-11-6-8-25-15(11)10-19-21-17(23)12-4-5-13-14(9-12)20-16-3-2-7-22(16)18(13)24/h4-6,8-10H,2-3,7H2,1H3,(H,21,23)/b19-10-. The molecule has 0 fully saturated rings. The second-order valence-electron chi connectivity index (χ2n) is 5.99. The van der Waals surface area contributed by atoms with E-state index in [1.54, 1.807) is 40.3 Å². The van der Waals surface area contributed by atoms with Crippen LogP contribution in [0, 0.1) is 6.92 Å². The minimum Gasteiger partial charge on any atom is -0.296 e. The van der Waals surface area contributed by atoms with Gasteiger partial charge in [-0.05, 0) is 48.6 Å². The number of aromatic nitrogens is 2. The number of nitrogens with one attached hydrogen (secondary N) is 1. The maximum Gasteiger partial charge on any atom is 0.271 e. The number of rotatable bonds is 3. The SMILES string of the molecule is Cc1ccsc1/C=N\NC(=O)c1ccc2c(=O)n3c(nc2c1)CCC3. The van der Waals surface area contributed by atoms with Crippen LogP contribution in [-0.4, -0.2) is 21.7 Å². The van der Waals surface area contributed by atoms with Crippen molar-refractivity contribution in [2.24, 2.45) is 5.10 Å². The van der Waals surface area contributed by atoms with Gasteiger partial charge in [0.15, 0.2) is 0 Å². The highest BCUT2D eigenvalue weighted by molar-refractivity contribution is 7.11. The largest absolute Gasteiger partial charge is 0.296 e. The monoisotopic (exact) mass is 352 g/mol. The third-order valence-corrected chi connectivity index (χ3v) is 5.28. The fourth-order valence-electron chi connectivity index (χ4n) is 2.96. The molecule has 0 atom stereocenters. The van der Waals surface area contributed by atoms with Gasteiger partial charge in [-0.15, -0.1) is 11.3 Å². The van der Waals surface area contributed by atoms with E-state index in [4.69, 9.17) is 0 Å². The van der Waals surface area contributed by atoms with E-state index >= 15 is 0 Å². The molecule has 0 saturated carbocycles. The van der Waals surface area contributed by atoms with Gasteiger partial charge in [-0.25, -0.2) is 10.4 Å². The first-order valence-corrected chi connectivity index (χ1v) is 8.92. The fourth-order valence-corrected chi connectivity index (χ4v) is 3.74. The summed E-state index contributed by atoms with van der Waals surface area (Å²) in [5.41, 5.74) is 4.60. The molecule has 3 aromatic rings. The lowest BCUT2D eigenvalue weighted by Gasteiger charge is -2.06. The number of hydrogen-bond acceptors (Lipinski definition) is 5. The Morgan fingerprint density at radius 2 is 2.28 bits per heavy atom. The van der Waals surface area contributed by atoms with Crippen LogP contribution in [0.3, 0.4) is 0 Å². The summed E-state index contributed by atoms with van der Waals surface area (Å²) in [7, 11) is 0. The summed E-state index contributed by atoms with van der Waals surface area (Å²) in [5, 5.41) is 6.52. The molecule has 7 heteroatoms. The Morgan fingerprint density at radius 1 is 1.40 bits per heavy atom. The first-order chi connectivity index (χ1) is 12.1. The maximum atomic E-state index is 12.4. The second-order valence-corrected chi connectivity index (χ2v) is 6.93. The Hall–Kier alpha value is -2.80. The zero-order valence-electron chi connectivity index (χ0n) is 13.7. The maximum absolute atomic E-state index is 12.4. The number of thiophene rings is 1. The summed E-state index contributed by atoms with van der Waals surface area (Å²) in [5.74, 6) is 0.469. The molecule has 0 radical (unpaired) electrons. The number of carbonyl (C=O) groups is 1. The average Bonchev–Trinajstić information content (AvgIpc) is 3.24. The number of aryl methyl sites for hydroxylation is 2. The predicted octanol–water partition coefficient (Wildman–Crippen LogP) is 2.48. The zero-order valence-corrected chi connectivity index (χ0v) is 14.5. The van der Waals surface area contributed by atoms with Crippen molar-refractivity contribution >= 4 is 34.4 Å². The van der Waals surface area contributed by atoms with Crippen LogP contribution in [0.2, 0.25) is 0 Å². The molecule has 126 valence electrons. The molecule has 0 spiro atoms. The van der Waals surface area contributed by atoms with E-state index in [9.17, 15) is 9.59 Å². The first-order valence-electron chi connectivity index (χ1n) is 8.04. The lowest BCUT2D eigenvalue weighted by atomic mass is 10.1. The summed E-state index contributed by atoms with van der Waals surface area (Å²) in [4.78, 5) is 30.3. The molecule has 1 aliphatic heterocycles. The molecular formula is C18H16N4O2S. The van der Waals surface area contributed by atoms with Gasteiger partial charge in [0, 0.05) is 23.4 Å². The minimum atomic E-state index is -0.324. The quantitative estimate of drug-likeness (QED) is 0.581. The van der Waals surface area contributed by atoms with Gasteiger partial charge in [-0.3, -0.25) is 14.2 Å². The highest BCUT2D eigenvalue weighted by Gasteiger charge is 2.17. The normalized spacial score (nSPS) is 13.5. The molecule has 25 heavy (non-hydrogen) atoms. The Labute approximate surface area is 147 Å². The van der Waals surface area contributed by atoms with Gasteiger partial charge in [0.1, 0.15) is 5.82 Å². The summed E-state index contributed by atoms with van der Waals surface area (Å²) >= 11 is 1.56. The van der Waals surface area contributed by atoms with E-state index in [1.165, 1.54) is 0 Å². The molecule has 1 N–H and O–H groups in total. The number of hydrazone groups is 1. The van der Waals surface area contributed by atoms with Crippen LogP contribution >= 0.6 is 11.3 Å². The highest BCUT2D eigenvalue weighted by atomic mass is 32.1. The van der Waals surface area contributed by atoms with E-state index < -0.39 is 0 Å². The highest BCUT2D eigenvalue weighted by Crippen LogP contribution is 2.16. The average molecular weight is 352 g/mol. The molecule has 3 heterocycles. The molecule has 0 unspecified atom stereocenters. The Balaban J connectivity index is 1.60. The van der Waals surface area contributed by atoms with Gasteiger partial charge < -0.3 is 0 Å². The lowest BCUT2D eigenvalue weighted by molar-refractivity contribution is 0.0955. The topological polar surface area (TPSA) is 76.3 Å². The van der Waals surface area contributed by atoms with Gasteiger partial charge >= 0.3 is 0 Å². The number of hydrogen-bond donors (Lipinski definition) is 1. The van der Waals surface area contributed by atoms with Crippen LogP contribution in [0.5, 0.6) is 0 Å². The number of fused-ring (bicyclic) bond motifs is 2. The summed E-state index contributed by atoms with van der Waals surface area (Å²) < 4.78 is 1.72. The van der Waals surface area contributed by atoms with Crippen molar-refractivity contribution in [3.05, 3.63) is 61.8 Å². The van der Waals surface area contributed by atoms with Gasteiger partial charge in [0.2, 0.25) is 0 Å². The Bertz CT molecular complexity index is 1060. The third kappa shape index (κ3) is 2.87. The van der Waals surface area contributed by atoms with Crippen LogP contribution in [-0.2, 0) is 13.0 Å². The van der Waals surface area contributed by atoms with Gasteiger partial charge in [-0.2, -0.15) is 5.10 Å². The molecule has 0 bridgehead atoms. The van der Waals surface area contributed by atoms with Crippen molar-refractivity contribution in [3.63, 3.8) is 0 Å². The first kappa shape index (κ1) is 15.7. The molecule has 1 aromatic carbocycles. The number of benzene rings is 1. The van der Waals surface area contributed by atoms with Crippen molar-refractivity contribution in [1.82, 2.24) is 15.0 Å². The van der Waals surface area contributed by atoms with Crippen LogP contribution in [0.15, 0.2) is 39.5 Å². The molecule has 1 aliphatic rings. The predicted molar refractivity (Wildman–Crippen MR) is 98.4 cm³/mol. The van der Waals surface area contributed by atoms with Crippen molar-refractivity contribution < 1.29 is 4.79 Å². The molecule has 4 rings (SSSR count). The van der Waals surface area contributed by atoms with Crippen LogP contribution < -0.4 is 11.0 Å². The van der Waals surface area contributed by atoms with E-state index in [0.717, 1.165) is 35.7 Å². The fraction of sp³-hybridized carbons (Fsp3) is 0.222. The summed E-state index contributed by atoms with van der Waals surface area (Å²) in [6.45, 7) is 2.71. The van der Waals surface area contributed by atoms with Crippen molar-refractivity contribution in [1.29, 1.82) is 0 Å².